The molecule has 224 valence electrons. The zero-order chi connectivity index (χ0) is 30.4. The van der Waals surface area contributed by atoms with E-state index >= 15 is 0 Å². The van der Waals surface area contributed by atoms with Crippen LogP contribution in [0.15, 0.2) is 78.9 Å². The molecule has 1 heterocycles. The second-order valence-corrected chi connectivity index (χ2v) is 10.6. The van der Waals surface area contributed by atoms with Gasteiger partial charge in [0, 0.05) is 23.5 Å². The summed E-state index contributed by atoms with van der Waals surface area (Å²) in [5, 5.41) is 32.7. The molecule has 0 fully saturated rings. The molecule has 0 aliphatic carbocycles. The predicted octanol–water partition coefficient (Wildman–Crippen LogP) is 6.30. The van der Waals surface area contributed by atoms with E-state index in [1.807, 2.05) is 24.5 Å². The van der Waals surface area contributed by atoms with E-state index in [1.165, 1.54) is 24.3 Å². The molecule has 0 aliphatic rings. The quantitative estimate of drug-likeness (QED) is 0.139. The van der Waals surface area contributed by atoms with Crippen molar-refractivity contribution in [3.05, 3.63) is 102 Å². The number of hydrogen-bond donors (Lipinski definition) is 4. The van der Waals surface area contributed by atoms with Gasteiger partial charge in [-0.15, -0.1) is 0 Å². The maximum absolute atomic E-state index is 14.0. The Morgan fingerprint density at radius 1 is 0.860 bits per heavy atom. The first kappa shape index (κ1) is 34.4. The van der Waals surface area contributed by atoms with Crippen molar-refractivity contribution >= 4 is 55.3 Å². The summed E-state index contributed by atoms with van der Waals surface area (Å²) < 4.78 is 29.9. The van der Waals surface area contributed by atoms with Gasteiger partial charge in [-0.05, 0) is 78.4 Å². The van der Waals surface area contributed by atoms with Crippen LogP contribution in [-0.2, 0) is 11.3 Å². The first-order valence-corrected chi connectivity index (χ1v) is 13.8. The van der Waals surface area contributed by atoms with Crippen LogP contribution in [-0.4, -0.2) is 81.7 Å². The molecule has 4 N–H and O–H groups in total. The number of carbonyl (C=O) groups excluding carboxylic acids is 1. The fourth-order valence-corrected chi connectivity index (χ4v) is 5.21. The third-order valence-electron chi connectivity index (χ3n) is 7.00. The molecule has 1 aromatic heterocycles. The molecular formula is C33H36CaF2N2O5. The summed E-state index contributed by atoms with van der Waals surface area (Å²) in [6.45, 7) is 4.07. The van der Waals surface area contributed by atoms with Gasteiger partial charge in [0.1, 0.15) is 11.6 Å². The van der Waals surface area contributed by atoms with Crippen LogP contribution in [0, 0.1) is 11.6 Å². The van der Waals surface area contributed by atoms with E-state index in [-0.39, 0.29) is 71.8 Å². The van der Waals surface area contributed by atoms with E-state index in [1.54, 1.807) is 48.5 Å². The van der Waals surface area contributed by atoms with Gasteiger partial charge in [-0.25, -0.2) is 8.78 Å². The number of amides is 1. The molecule has 0 unspecified atom stereocenters. The van der Waals surface area contributed by atoms with E-state index in [0.717, 1.165) is 0 Å². The molecule has 2 atom stereocenters. The second-order valence-electron chi connectivity index (χ2n) is 10.6. The van der Waals surface area contributed by atoms with Gasteiger partial charge in [0.15, 0.2) is 0 Å². The Kier molecular flexibility index (Phi) is 12.5. The molecule has 4 aromatic rings. The smallest absolute Gasteiger partial charge is 1.00 e. The first-order chi connectivity index (χ1) is 20.0. The molecule has 43 heavy (non-hydrogen) atoms. The summed E-state index contributed by atoms with van der Waals surface area (Å²) in [5.74, 6) is -2.62. The molecule has 0 bridgehead atoms. The fraction of sp³-hybridized carbons (Fsp3) is 0.273. The van der Waals surface area contributed by atoms with Crippen molar-refractivity contribution in [1.29, 1.82) is 0 Å². The molecule has 0 aliphatic heterocycles. The van der Waals surface area contributed by atoms with Crippen molar-refractivity contribution < 1.29 is 36.5 Å². The third kappa shape index (κ3) is 8.74. The molecule has 0 saturated carbocycles. The number of aromatic nitrogens is 1. The van der Waals surface area contributed by atoms with E-state index in [4.69, 9.17) is 5.11 Å². The number of rotatable bonds is 12. The fourth-order valence-electron chi connectivity index (χ4n) is 5.21. The van der Waals surface area contributed by atoms with Crippen molar-refractivity contribution in [1.82, 2.24) is 4.57 Å². The number of hydrogen-bond acceptors (Lipinski definition) is 4. The van der Waals surface area contributed by atoms with Crippen LogP contribution in [0.4, 0.5) is 14.5 Å². The van der Waals surface area contributed by atoms with Crippen LogP contribution >= 0.6 is 0 Å². The van der Waals surface area contributed by atoms with E-state index in [9.17, 15) is 28.6 Å². The van der Waals surface area contributed by atoms with Crippen LogP contribution in [0.2, 0.25) is 0 Å². The average Bonchev–Trinajstić information content (AvgIpc) is 3.28. The minimum atomic E-state index is -1.22. The van der Waals surface area contributed by atoms with Crippen LogP contribution in [0.25, 0.3) is 22.4 Å². The first-order valence-electron chi connectivity index (χ1n) is 13.8. The van der Waals surface area contributed by atoms with Gasteiger partial charge >= 0.3 is 43.7 Å². The van der Waals surface area contributed by atoms with Crippen LogP contribution < -0.4 is 5.32 Å². The van der Waals surface area contributed by atoms with Gasteiger partial charge in [0.05, 0.1) is 29.9 Å². The standard InChI is InChI=1S/C33H34F2N2O5.Ca.2H/c1-20(2)31-30(33(42)36-25-6-4-3-5-7-25)29(21-8-12-23(34)13-9-21)32(22-10-14-24(35)15-11-22)37(31)17-16-26(38)18-27(39)19-28(40)41;;;/h3-15,20,26-27,38-39H,16-19H2,1-2H3,(H,36,42)(H,40,41);;;/q;+2;2*-1/t26-,27-;;;/m1.../s1. The molecule has 10 heteroatoms. The third-order valence-corrected chi connectivity index (χ3v) is 7.00. The van der Waals surface area contributed by atoms with Crippen molar-refractivity contribution in [3.63, 3.8) is 0 Å². The van der Waals surface area contributed by atoms with Gasteiger partial charge in [-0.3, -0.25) is 9.59 Å². The Labute approximate surface area is 282 Å². The molecule has 1 amide bonds. The summed E-state index contributed by atoms with van der Waals surface area (Å²) in [5.41, 5.74) is 3.89. The van der Waals surface area contributed by atoms with Crippen LogP contribution in [0.3, 0.4) is 0 Å². The van der Waals surface area contributed by atoms with Gasteiger partial charge in [-0.2, -0.15) is 0 Å². The van der Waals surface area contributed by atoms with Crippen molar-refractivity contribution in [3.8, 4) is 22.4 Å². The topological polar surface area (TPSA) is 112 Å². The second kappa shape index (κ2) is 15.6. The minimum Gasteiger partial charge on any atom is -1.00 e. The number of para-hydroxylation sites is 1. The number of benzene rings is 3. The zero-order valence-electron chi connectivity index (χ0n) is 26.1. The Balaban J connectivity index is 0.00000337. The number of aliphatic hydroxyl groups is 2. The van der Waals surface area contributed by atoms with Gasteiger partial charge in [-0.1, -0.05) is 44.2 Å². The zero-order valence-corrected chi connectivity index (χ0v) is 26.3. The summed E-state index contributed by atoms with van der Waals surface area (Å²) in [6.07, 6.45) is -2.73. The monoisotopic (exact) mass is 618 g/mol. The summed E-state index contributed by atoms with van der Waals surface area (Å²) in [7, 11) is 0. The molecule has 0 radical (unpaired) electrons. The van der Waals surface area contributed by atoms with Crippen LogP contribution in [0.5, 0.6) is 0 Å². The average molecular weight is 619 g/mol. The van der Waals surface area contributed by atoms with E-state index in [2.05, 4.69) is 5.32 Å². The Morgan fingerprint density at radius 2 is 1.42 bits per heavy atom. The summed E-state index contributed by atoms with van der Waals surface area (Å²) >= 11 is 0. The van der Waals surface area contributed by atoms with Crippen molar-refractivity contribution in [2.45, 2.75) is 57.8 Å². The SMILES string of the molecule is CC(C)c1c(C(=O)Nc2ccccc2)c(-c2ccc(F)cc2)c(-c2ccc(F)cc2)n1CC[C@@H](O)C[C@@H](O)CC(=O)O.[Ca+2].[H-].[H-]. The van der Waals surface area contributed by atoms with Gasteiger partial charge in [0.25, 0.3) is 5.91 Å². The minimum absolute atomic E-state index is 0. The van der Waals surface area contributed by atoms with Crippen molar-refractivity contribution in [2.24, 2.45) is 0 Å². The van der Waals surface area contributed by atoms with E-state index < -0.39 is 36.2 Å². The van der Waals surface area contributed by atoms with Gasteiger partial charge < -0.3 is 28.1 Å². The molecule has 0 saturated heterocycles. The molecule has 0 spiro atoms. The number of carbonyl (C=O) groups is 2. The van der Waals surface area contributed by atoms with E-state index in [0.29, 0.717) is 39.3 Å². The number of anilines is 1. The van der Waals surface area contributed by atoms with Crippen LogP contribution in [0.1, 0.15) is 57.9 Å². The Hall–Kier alpha value is -3.08. The molecule has 3 aromatic carbocycles. The number of nitrogens with zero attached hydrogens (tertiary/aromatic N) is 1. The number of halogens is 2. The predicted molar refractivity (Wildman–Crippen MR) is 165 cm³/mol. The normalized spacial score (nSPS) is 12.4. The number of nitrogens with one attached hydrogen (secondary N) is 1. The largest absolute Gasteiger partial charge is 2.00 e. The number of aliphatic hydroxyl groups excluding tert-OH is 2. The number of aliphatic carboxylic acids is 1. The van der Waals surface area contributed by atoms with Crippen molar-refractivity contribution in [2.75, 3.05) is 5.32 Å². The maximum atomic E-state index is 14.0. The summed E-state index contributed by atoms with van der Waals surface area (Å²) in [4.78, 5) is 25.0. The summed E-state index contributed by atoms with van der Waals surface area (Å²) in [6, 6.07) is 20.6. The molecule has 7 nitrogen and oxygen atoms in total. The van der Waals surface area contributed by atoms with Gasteiger partial charge in [0.2, 0.25) is 0 Å². The Bertz CT molecular complexity index is 1540. The Morgan fingerprint density at radius 3 is 1.95 bits per heavy atom. The number of carboxylic acid groups (broad SMARTS) is 1. The number of carboxylic acids is 1. The maximum Gasteiger partial charge on any atom is 2.00 e. The molecule has 4 rings (SSSR count). The molecular weight excluding hydrogens is 582 g/mol.